The summed E-state index contributed by atoms with van der Waals surface area (Å²) in [5, 5.41) is 0. The van der Waals surface area contributed by atoms with Crippen molar-refractivity contribution in [1.29, 1.82) is 0 Å². The first kappa shape index (κ1) is 20.6. The summed E-state index contributed by atoms with van der Waals surface area (Å²) < 4.78 is 0. The largest absolute Gasteiger partial charge is 0.369 e. The van der Waals surface area contributed by atoms with E-state index in [0.29, 0.717) is 17.7 Å². The molecule has 4 rings (SSSR count). The van der Waals surface area contributed by atoms with E-state index in [9.17, 15) is 9.59 Å². The molecule has 0 unspecified atom stereocenters. The van der Waals surface area contributed by atoms with Crippen LogP contribution < -0.4 is 4.90 Å². The maximum Gasteiger partial charge on any atom is 0.261 e. The Bertz CT molecular complexity index is 897. The van der Waals surface area contributed by atoms with Gasteiger partial charge in [-0.1, -0.05) is 36.2 Å². The van der Waals surface area contributed by atoms with Gasteiger partial charge in [0.2, 0.25) is 0 Å². The minimum Gasteiger partial charge on any atom is -0.369 e. The fraction of sp³-hybridized carbons (Fsp3) is 0.440. The fourth-order valence-corrected chi connectivity index (χ4v) is 4.60. The van der Waals surface area contributed by atoms with Gasteiger partial charge in [0.25, 0.3) is 11.8 Å². The van der Waals surface area contributed by atoms with Gasteiger partial charge in [-0.25, -0.2) is 0 Å². The van der Waals surface area contributed by atoms with Gasteiger partial charge in [-0.05, 0) is 57.0 Å². The molecule has 0 saturated carbocycles. The molecule has 2 amide bonds. The maximum atomic E-state index is 12.4. The molecule has 2 aromatic rings. The topological polar surface area (TPSA) is 43.9 Å². The van der Waals surface area contributed by atoms with E-state index in [1.165, 1.54) is 21.7 Å². The first-order chi connectivity index (χ1) is 14.5. The minimum atomic E-state index is -0.141. The summed E-state index contributed by atoms with van der Waals surface area (Å²) >= 11 is 0. The highest BCUT2D eigenvalue weighted by Gasteiger charge is 2.34. The van der Waals surface area contributed by atoms with E-state index in [4.69, 9.17) is 0 Å². The summed E-state index contributed by atoms with van der Waals surface area (Å²) in [5.74, 6) is -0.281. The number of imide groups is 1. The monoisotopic (exact) mass is 405 g/mol. The van der Waals surface area contributed by atoms with Crippen LogP contribution in [0.4, 0.5) is 5.69 Å². The van der Waals surface area contributed by atoms with Crippen molar-refractivity contribution < 1.29 is 9.59 Å². The van der Waals surface area contributed by atoms with Crippen molar-refractivity contribution in [3.63, 3.8) is 0 Å². The molecule has 1 saturated heterocycles. The molecule has 0 atom stereocenters. The second-order valence-electron chi connectivity index (χ2n) is 8.49. The number of piperazine rings is 1. The van der Waals surface area contributed by atoms with Crippen LogP contribution >= 0.6 is 0 Å². The second-order valence-corrected chi connectivity index (χ2v) is 8.49. The predicted octanol–water partition coefficient (Wildman–Crippen LogP) is 3.89. The van der Waals surface area contributed by atoms with Gasteiger partial charge in [-0.15, -0.1) is 0 Å². The number of fused-ring (bicyclic) bond motifs is 1. The summed E-state index contributed by atoms with van der Waals surface area (Å²) in [5.41, 5.74) is 5.13. The highest BCUT2D eigenvalue weighted by atomic mass is 16.2. The van der Waals surface area contributed by atoms with Gasteiger partial charge in [-0.2, -0.15) is 0 Å². The molecule has 2 aromatic carbocycles. The Morgan fingerprint density at radius 1 is 0.767 bits per heavy atom. The molecule has 0 spiro atoms. The number of aryl methyl sites for hydroxylation is 2. The number of hydrogen-bond donors (Lipinski definition) is 0. The molecule has 0 aromatic heterocycles. The van der Waals surface area contributed by atoms with Crippen molar-refractivity contribution in [1.82, 2.24) is 9.80 Å². The van der Waals surface area contributed by atoms with Crippen molar-refractivity contribution in [2.24, 2.45) is 0 Å². The number of carbonyl (C=O) groups excluding carboxylic acids is 2. The van der Waals surface area contributed by atoms with Crippen LogP contribution in [0.3, 0.4) is 0 Å². The number of rotatable bonds is 7. The van der Waals surface area contributed by atoms with Gasteiger partial charge < -0.3 is 4.90 Å². The van der Waals surface area contributed by atoms with Crippen LogP contribution in [0.25, 0.3) is 0 Å². The van der Waals surface area contributed by atoms with Crippen LogP contribution in [-0.4, -0.2) is 60.9 Å². The molecule has 2 aliphatic heterocycles. The Labute approximate surface area is 179 Å². The van der Waals surface area contributed by atoms with Crippen molar-refractivity contribution in [2.45, 2.75) is 33.1 Å². The van der Waals surface area contributed by atoms with E-state index in [-0.39, 0.29) is 11.8 Å². The van der Waals surface area contributed by atoms with Crippen molar-refractivity contribution >= 4 is 17.5 Å². The van der Waals surface area contributed by atoms with E-state index in [0.717, 1.165) is 52.0 Å². The Morgan fingerprint density at radius 3 is 2.03 bits per heavy atom. The van der Waals surface area contributed by atoms with Gasteiger partial charge in [0.05, 0.1) is 11.1 Å². The summed E-state index contributed by atoms with van der Waals surface area (Å²) in [7, 11) is 0. The van der Waals surface area contributed by atoms with Gasteiger partial charge in [0, 0.05) is 38.4 Å². The molecule has 1 fully saturated rings. The molecule has 5 heteroatoms. The zero-order valence-electron chi connectivity index (χ0n) is 18.1. The Balaban J connectivity index is 1.16. The first-order valence-electron chi connectivity index (χ1n) is 11.0. The Kier molecular flexibility index (Phi) is 6.18. The third-order valence-corrected chi connectivity index (χ3v) is 6.30. The first-order valence-corrected chi connectivity index (χ1v) is 11.0. The van der Waals surface area contributed by atoms with Crippen LogP contribution in [0.2, 0.25) is 0 Å². The summed E-state index contributed by atoms with van der Waals surface area (Å²) in [6.07, 6.45) is 3.01. The number of benzene rings is 2. The number of hydrogen-bond acceptors (Lipinski definition) is 4. The quantitative estimate of drug-likeness (QED) is 0.518. The maximum absolute atomic E-state index is 12.4. The average Bonchev–Trinajstić information content (AvgIpc) is 2.99. The van der Waals surface area contributed by atoms with E-state index < -0.39 is 0 Å². The van der Waals surface area contributed by atoms with Crippen LogP contribution in [-0.2, 0) is 0 Å². The summed E-state index contributed by atoms with van der Waals surface area (Å²) in [4.78, 5) is 31.2. The lowest BCUT2D eigenvalue weighted by Gasteiger charge is -2.37. The van der Waals surface area contributed by atoms with Gasteiger partial charge in [0.1, 0.15) is 0 Å². The lowest BCUT2D eigenvalue weighted by atomic mass is 10.1. The number of unbranched alkanes of at least 4 members (excludes halogenated alkanes) is 2. The number of amides is 2. The van der Waals surface area contributed by atoms with Crippen molar-refractivity contribution in [3.05, 3.63) is 64.7 Å². The van der Waals surface area contributed by atoms with Crippen LogP contribution in [0, 0.1) is 13.8 Å². The molecule has 30 heavy (non-hydrogen) atoms. The van der Waals surface area contributed by atoms with Gasteiger partial charge in [-0.3, -0.25) is 19.4 Å². The Hall–Kier alpha value is -2.66. The summed E-state index contributed by atoms with van der Waals surface area (Å²) in [6, 6.07) is 13.8. The second kappa shape index (κ2) is 9.00. The van der Waals surface area contributed by atoms with Gasteiger partial charge in [0.15, 0.2) is 0 Å². The smallest absolute Gasteiger partial charge is 0.261 e. The lowest BCUT2D eigenvalue weighted by molar-refractivity contribution is 0.0651. The molecule has 0 bridgehead atoms. The molecule has 5 nitrogen and oxygen atoms in total. The minimum absolute atomic E-state index is 0.141. The molecule has 0 radical (unpaired) electrons. The van der Waals surface area contributed by atoms with Crippen LogP contribution in [0.15, 0.2) is 42.5 Å². The zero-order valence-corrected chi connectivity index (χ0v) is 18.1. The molecule has 158 valence electrons. The van der Waals surface area contributed by atoms with E-state index in [1.54, 1.807) is 12.1 Å². The molecule has 0 aliphatic carbocycles. The molecule has 2 aliphatic rings. The number of carbonyl (C=O) groups is 2. The highest BCUT2D eigenvalue weighted by Crippen LogP contribution is 2.24. The summed E-state index contributed by atoms with van der Waals surface area (Å²) in [6.45, 7) is 10.3. The SMILES string of the molecule is Cc1ccc(N2CCN(CCCCCN3C(=O)c4ccccc4C3=O)CC2)c(C)c1. The third kappa shape index (κ3) is 4.26. The fourth-order valence-electron chi connectivity index (χ4n) is 4.60. The van der Waals surface area contributed by atoms with Crippen LogP contribution in [0.1, 0.15) is 51.1 Å². The predicted molar refractivity (Wildman–Crippen MR) is 120 cm³/mol. The van der Waals surface area contributed by atoms with Crippen molar-refractivity contribution in [2.75, 3.05) is 44.2 Å². The van der Waals surface area contributed by atoms with Gasteiger partial charge >= 0.3 is 0 Å². The van der Waals surface area contributed by atoms with E-state index >= 15 is 0 Å². The van der Waals surface area contributed by atoms with E-state index in [1.807, 2.05) is 12.1 Å². The standard InChI is InChI=1S/C25H31N3O2/c1-19-10-11-23(20(2)18-19)27-16-14-26(15-17-27)12-6-3-7-13-28-24(29)21-8-4-5-9-22(21)25(28)30/h4-5,8-11,18H,3,6-7,12-17H2,1-2H3. The molecule has 2 heterocycles. The Morgan fingerprint density at radius 2 is 1.40 bits per heavy atom. The number of anilines is 1. The van der Waals surface area contributed by atoms with Crippen LogP contribution in [0.5, 0.6) is 0 Å². The molecular formula is C25H31N3O2. The lowest BCUT2D eigenvalue weighted by Crippen LogP contribution is -2.46. The van der Waals surface area contributed by atoms with Crippen molar-refractivity contribution in [3.8, 4) is 0 Å². The molecule has 0 N–H and O–H groups in total. The van der Waals surface area contributed by atoms with E-state index in [2.05, 4.69) is 41.8 Å². The normalized spacial score (nSPS) is 17.0. The third-order valence-electron chi connectivity index (χ3n) is 6.30. The molecular weight excluding hydrogens is 374 g/mol. The number of nitrogens with zero attached hydrogens (tertiary/aromatic N) is 3. The average molecular weight is 406 g/mol. The zero-order chi connectivity index (χ0) is 21.1. The highest BCUT2D eigenvalue weighted by molar-refractivity contribution is 6.21.